The molecule has 1 aromatic heterocycles. The Morgan fingerprint density at radius 3 is 2.59 bits per heavy atom. The quantitative estimate of drug-likeness (QED) is 0.565. The number of H-pyrrole nitrogens is 1. The zero-order valence-electron chi connectivity index (χ0n) is 17.7. The molecule has 168 valence electrons. The van der Waals surface area contributed by atoms with E-state index in [1.807, 2.05) is 0 Å². The van der Waals surface area contributed by atoms with Crippen LogP contribution in [0.15, 0.2) is 52.2 Å². The van der Waals surface area contributed by atoms with Gasteiger partial charge in [-0.1, -0.05) is 12.1 Å². The maximum atomic E-state index is 13.0. The SMILES string of the molecule is COc1ccc(C(=O)OC(C)c2nc3ccccc3c(=O)[nH]2)cc1S(=O)(=O)N1CCCC1. The van der Waals surface area contributed by atoms with Gasteiger partial charge in [-0.3, -0.25) is 4.79 Å². The summed E-state index contributed by atoms with van der Waals surface area (Å²) in [6.07, 6.45) is 0.718. The number of hydrogen-bond donors (Lipinski definition) is 1. The smallest absolute Gasteiger partial charge is 0.338 e. The molecule has 1 aliphatic rings. The van der Waals surface area contributed by atoms with Gasteiger partial charge in [0.25, 0.3) is 5.56 Å². The topological polar surface area (TPSA) is 119 Å². The predicted molar refractivity (Wildman–Crippen MR) is 117 cm³/mol. The second-order valence-corrected chi connectivity index (χ2v) is 9.40. The first-order valence-corrected chi connectivity index (χ1v) is 11.6. The number of nitrogens with one attached hydrogen (secondary N) is 1. The molecule has 1 fully saturated rings. The number of aromatic nitrogens is 2. The largest absolute Gasteiger partial charge is 0.495 e. The number of carbonyl (C=O) groups excluding carboxylic acids is 1. The van der Waals surface area contributed by atoms with Crippen LogP contribution in [0.2, 0.25) is 0 Å². The standard InChI is InChI=1S/C22H23N3O6S/c1-14(20-23-17-8-4-3-7-16(17)21(26)24-20)31-22(27)15-9-10-18(30-2)19(13-15)32(28,29)25-11-5-6-12-25/h3-4,7-10,13-14H,5-6,11-12H2,1-2H3,(H,23,24,26). The van der Waals surface area contributed by atoms with Crippen LogP contribution in [0.4, 0.5) is 0 Å². The van der Waals surface area contributed by atoms with Gasteiger partial charge in [-0.05, 0) is 50.1 Å². The number of rotatable bonds is 6. The third-order valence-electron chi connectivity index (χ3n) is 5.38. The summed E-state index contributed by atoms with van der Waals surface area (Å²) < 4.78 is 38.2. The Labute approximate surface area is 185 Å². The molecule has 1 unspecified atom stereocenters. The van der Waals surface area contributed by atoms with E-state index < -0.39 is 22.1 Å². The summed E-state index contributed by atoms with van der Waals surface area (Å²) in [6.45, 7) is 2.44. The Kier molecular flexibility index (Phi) is 5.98. The molecule has 0 bridgehead atoms. The molecule has 10 heteroatoms. The summed E-state index contributed by atoms with van der Waals surface area (Å²) in [5, 5.41) is 0.432. The number of para-hydroxylation sites is 1. The van der Waals surface area contributed by atoms with Crippen LogP contribution in [-0.2, 0) is 14.8 Å². The Hall–Kier alpha value is -3.24. The number of hydrogen-bond acceptors (Lipinski definition) is 7. The fourth-order valence-electron chi connectivity index (χ4n) is 3.65. The maximum Gasteiger partial charge on any atom is 0.338 e. The molecular formula is C22H23N3O6S. The molecule has 1 N–H and O–H groups in total. The normalized spacial score (nSPS) is 15.6. The lowest BCUT2D eigenvalue weighted by Gasteiger charge is -2.18. The molecule has 9 nitrogen and oxygen atoms in total. The predicted octanol–water partition coefficient (Wildman–Crippen LogP) is 2.63. The molecule has 1 aliphatic heterocycles. The lowest BCUT2D eigenvalue weighted by atomic mass is 10.2. The first-order valence-electron chi connectivity index (χ1n) is 10.2. The third kappa shape index (κ3) is 4.11. The van der Waals surface area contributed by atoms with Crippen molar-refractivity contribution in [3.63, 3.8) is 0 Å². The summed E-state index contributed by atoms with van der Waals surface area (Å²) in [6, 6.07) is 11.0. The highest BCUT2D eigenvalue weighted by Crippen LogP contribution is 2.30. The number of carbonyl (C=O) groups is 1. The summed E-state index contributed by atoms with van der Waals surface area (Å²) in [5.41, 5.74) is 0.202. The number of fused-ring (bicyclic) bond motifs is 1. The zero-order valence-corrected chi connectivity index (χ0v) is 18.5. The zero-order chi connectivity index (χ0) is 22.9. The molecule has 2 aromatic carbocycles. The fourth-order valence-corrected chi connectivity index (χ4v) is 5.35. The highest BCUT2D eigenvalue weighted by Gasteiger charge is 2.31. The van der Waals surface area contributed by atoms with Crippen molar-refractivity contribution in [1.29, 1.82) is 0 Å². The van der Waals surface area contributed by atoms with Gasteiger partial charge in [0.2, 0.25) is 10.0 Å². The van der Waals surface area contributed by atoms with Crippen LogP contribution < -0.4 is 10.3 Å². The Morgan fingerprint density at radius 2 is 1.88 bits per heavy atom. The minimum absolute atomic E-state index is 0.0542. The van der Waals surface area contributed by atoms with Crippen molar-refractivity contribution in [2.24, 2.45) is 0 Å². The second kappa shape index (κ2) is 8.71. The fraction of sp³-hybridized carbons (Fsp3) is 0.318. The Bertz CT molecular complexity index is 1330. The van der Waals surface area contributed by atoms with E-state index in [1.54, 1.807) is 31.2 Å². The summed E-state index contributed by atoms with van der Waals surface area (Å²) in [4.78, 5) is 32.0. The van der Waals surface area contributed by atoms with Gasteiger partial charge in [0, 0.05) is 13.1 Å². The van der Waals surface area contributed by atoms with E-state index in [1.165, 1.54) is 29.6 Å². The van der Waals surface area contributed by atoms with Gasteiger partial charge in [0.1, 0.15) is 10.6 Å². The molecule has 32 heavy (non-hydrogen) atoms. The third-order valence-corrected chi connectivity index (χ3v) is 7.30. The molecular weight excluding hydrogens is 434 g/mol. The molecule has 0 radical (unpaired) electrons. The van der Waals surface area contributed by atoms with Crippen molar-refractivity contribution in [2.75, 3.05) is 20.2 Å². The van der Waals surface area contributed by atoms with Crippen LogP contribution in [-0.4, -0.2) is 48.9 Å². The molecule has 1 saturated heterocycles. The van der Waals surface area contributed by atoms with Crippen LogP contribution in [0.3, 0.4) is 0 Å². The van der Waals surface area contributed by atoms with E-state index in [0.717, 1.165) is 12.8 Å². The first-order chi connectivity index (χ1) is 15.3. The van der Waals surface area contributed by atoms with E-state index in [9.17, 15) is 18.0 Å². The first kappa shape index (κ1) is 22.0. The van der Waals surface area contributed by atoms with Gasteiger partial charge >= 0.3 is 5.97 Å². The van der Waals surface area contributed by atoms with Crippen molar-refractivity contribution in [3.05, 3.63) is 64.2 Å². The van der Waals surface area contributed by atoms with Crippen LogP contribution in [0.25, 0.3) is 10.9 Å². The van der Waals surface area contributed by atoms with E-state index in [0.29, 0.717) is 24.0 Å². The van der Waals surface area contributed by atoms with Gasteiger partial charge in [0.15, 0.2) is 11.9 Å². The highest BCUT2D eigenvalue weighted by molar-refractivity contribution is 7.89. The van der Waals surface area contributed by atoms with Crippen LogP contribution in [0.1, 0.15) is 42.1 Å². The van der Waals surface area contributed by atoms with Crippen molar-refractivity contribution in [1.82, 2.24) is 14.3 Å². The number of benzene rings is 2. The summed E-state index contributed by atoms with van der Waals surface area (Å²) in [5.74, 6) is -0.392. The second-order valence-electron chi connectivity index (χ2n) is 7.49. The van der Waals surface area contributed by atoms with Crippen molar-refractivity contribution in [2.45, 2.75) is 30.8 Å². The van der Waals surface area contributed by atoms with Gasteiger partial charge in [-0.2, -0.15) is 4.31 Å². The van der Waals surface area contributed by atoms with Gasteiger partial charge in [-0.25, -0.2) is 18.2 Å². The minimum atomic E-state index is -3.81. The van der Waals surface area contributed by atoms with Crippen LogP contribution >= 0.6 is 0 Å². The van der Waals surface area contributed by atoms with Crippen LogP contribution in [0, 0.1) is 0 Å². The number of esters is 1. The Morgan fingerprint density at radius 1 is 1.16 bits per heavy atom. The van der Waals surface area contributed by atoms with Gasteiger partial charge in [0.05, 0.1) is 23.6 Å². The average molecular weight is 458 g/mol. The summed E-state index contributed by atoms with van der Waals surface area (Å²) >= 11 is 0. The van der Waals surface area contributed by atoms with E-state index in [2.05, 4.69) is 9.97 Å². The molecule has 0 aliphatic carbocycles. The Balaban J connectivity index is 1.62. The van der Waals surface area contributed by atoms with Gasteiger partial charge in [-0.15, -0.1) is 0 Å². The van der Waals surface area contributed by atoms with Crippen molar-refractivity contribution < 1.29 is 22.7 Å². The van der Waals surface area contributed by atoms with Crippen LogP contribution in [0.5, 0.6) is 5.75 Å². The summed E-state index contributed by atoms with van der Waals surface area (Å²) in [7, 11) is -2.43. The number of ether oxygens (including phenoxy) is 2. The van der Waals surface area contributed by atoms with Crippen molar-refractivity contribution >= 4 is 26.9 Å². The van der Waals surface area contributed by atoms with Gasteiger partial charge < -0.3 is 14.5 Å². The highest BCUT2D eigenvalue weighted by atomic mass is 32.2. The molecule has 1 atom stereocenters. The van der Waals surface area contributed by atoms with E-state index >= 15 is 0 Å². The molecule has 4 rings (SSSR count). The monoisotopic (exact) mass is 457 g/mol. The molecule has 2 heterocycles. The van der Waals surface area contributed by atoms with E-state index in [-0.39, 0.29) is 27.6 Å². The van der Waals surface area contributed by atoms with E-state index in [4.69, 9.17) is 9.47 Å². The number of nitrogens with zero attached hydrogens (tertiary/aromatic N) is 2. The molecule has 0 spiro atoms. The number of sulfonamides is 1. The van der Waals surface area contributed by atoms with Crippen molar-refractivity contribution in [3.8, 4) is 5.75 Å². The lowest BCUT2D eigenvalue weighted by Crippen LogP contribution is -2.28. The lowest BCUT2D eigenvalue weighted by molar-refractivity contribution is 0.0319. The number of methoxy groups -OCH3 is 1. The average Bonchev–Trinajstić information content (AvgIpc) is 3.34. The minimum Gasteiger partial charge on any atom is -0.495 e. The molecule has 0 saturated carbocycles. The maximum absolute atomic E-state index is 13.0. The molecule has 3 aromatic rings. The molecule has 0 amide bonds. The number of aromatic amines is 1.